The highest BCUT2D eigenvalue weighted by molar-refractivity contribution is 7.13. The molecule has 1 fully saturated rings. The van der Waals surface area contributed by atoms with Gasteiger partial charge in [-0.05, 0) is 30.5 Å². The molecule has 0 radical (unpaired) electrons. The van der Waals surface area contributed by atoms with Crippen LogP contribution in [-0.4, -0.2) is 59.0 Å². The zero-order valence-corrected chi connectivity index (χ0v) is 16.8. The van der Waals surface area contributed by atoms with Gasteiger partial charge in [-0.15, -0.1) is 11.3 Å². The molecule has 1 aliphatic heterocycles. The number of ether oxygens (including phenoxy) is 2. The second kappa shape index (κ2) is 8.59. The number of rotatable bonds is 5. The number of amides is 1. The number of hydrogen-bond donors (Lipinski definition) is 0. The molecule has 0 saturated carbocycles. The highest BCUT2D eigenvalue weighted by Gasteiger charge is 2.28. The van der Waals surface area contributed by atoms with Crippen molar-refractivity contribution < 1.29 is 19.1 Å². The average molecular weight is 411 g/mol. The van der Waals surface area contributed by atoms with Crippen molar-refractivity contribution in [2.24, 2.45) is 0 Å². The summed E-state index contributed by atoms with van der Waals surface area (Å²) in [5, 5.41) is 6.53. The minimum atomic E-state index is -0.878. The van der Waals surface area contributed by atoms with E-state index in [0.717, 1.165) is 10.6 Å². The highest BCUT2D eigenvalue weighted by Crippen LogP contribution is 2.28. The zero-order valence-electron chi connectivity index (χ0n) is 16.0. The fourth-order valence-corrected chi connectivity index (χ4v) is 3.87. The smallest absolute Gasteiger partial charge is 0.342 e. The summed E-state index contributed by atoms with van der Waals surface area (Å²) >= 11 is 1.49. The van der Waals surface area contributed by atoms with Crippen molar-refractivity contribution in [1.82, 2.24) is 14.7 Å². The van der Waals surface area contributed by atoms with Crippen LogP contribution in [0.1, 0.15) is 17.3 Å². The Labute approximate surface area is 172 Å². The Kier molecular flexibility index (Phi) is 5.73. The third-order valence-electron chi connectivity index (χ3n) is 4.66. The lowest BCUT2D eigenvalue weighted by molar-refractivity contribution is -0.143. The third kappa shape index (κ3) is 4.23. The van der Waals surface area contributed by atoms with Crippen LogP contribution in [0.25, 0.3) is 16.3 Å². The molecule has 1 aromatic carbocycles. The molecule has 1 unspecified atom stereocenters. The summed E-state index contributed by atoms with van der Waals surface area (Å²) in [5.74, 6) is -0.778. The number of carbonyl (C=O) groups is 2. The monoisotopic (exact) mass is 411 g/mol. The summed E-state index contributed by atoms with van der Waals surface area (Å²) in [4.78, 5) is 28.0. The minimum absolute atomic E-state index is 0.213. The van der Waals surface area contributed by atoms with Gasteiger partial charge in [0.05, 0.1) is 23.8 Å². The molecule has 0 spiro atoms. The van der Waals surface area contributed by atoms with E-state index in [1.54, 1.807) is 22.7 Å². The standard InChI is InChI=1S/C21H21N3O4S/c1-15(20(25)23-9-11-27-12-10-23)28-21(26)17-14-24(16-6-3-2-4-7-16)22-19(17)18-8-5-13-29-18/h2-8,13-15H,9-12H2,1H3. The van der Waals surface area contributed by atoms with Gasteiger partial charge >= 0.3 is 5.97 Å². The SMILES string of the molecule is CC(OC(=O)c1cn(-c2ccccc2)nc1-c1cccs1)C(=O)N1CCOCC1. The van der Waals surface area contributed by atoms with E-state index in [4.69, 9.17) is 9.47 Å². The number of thiophene rings is 1. The largest absolute Gasteiger partial charge is 0.449 e. The third-order valence-corrected chi connectivity index (χ3v) is 5.54. The van der Waals surface area contributed by atoms with Gasteiger partial charge in [-0.1, -0.05) is 24.3 Å². The zero-order chi connectivity index (χ0) is 20.2. The van der Waals surface area contributed by atoms with E-state index in [-0.39, 0.29) is 5.91 Å². The maximum Gasteiger partial charge on any atom is 0.342 e. The molecular formula is C21H21N3O4S. The molecule has 7 nitrogen and oxygen atoms in total. The Balaban J connectivity index is 1.58. The first-order valence-electron chi connectivity index (χ1n) is 9.40. The molecule has 2 aromatic heterocycles. The second-order valence-electron chi connectivity index (χ2n) is 6.63. The van der Waals surface area contributed by atoms with Gasteiger partial charge in [0.2, 0.25) is 0 Å². The molecule has 0 bridgehead atoms. The number of esters is 1. The molecule has 4 rings (SSSR count). The van der Waals surface area contributed by atoms with Gasteiger partial charge in [0.1, 0.15) is 11.3 Å². The lowest BCUT2D eigenvalue weighted by atomic mass is 10.2. The van der Waals surface area contributed by atoms with Gasteiger partial charge in [-0.2, -0.15) is 5.10 Å². The summed E-state index contributed by atoms with van der Waals surface area (Å²) in [6.07, 6.45) is 0.774. The molecule has 8 heteroatoms. The first kappa shape index (κ1) is 19.4. The average Bonchev–Trinajstić information content (AvgIpc) is 3.44. The summed E-state index contributed by atoms with van der Waals surface area (Å²) < 4.78 is 12.4. The number of para-hydroxylation sites is 1. The van der Waals surface area contributed by atoms with Gasteiger partial charge in [0, 0.05) is 19.3 Å². The summed E-state index contributed by atoms with van der Waals surface area (Å²) in [6, 6.07) is 13.4. The van der Waals surface area contributed by atoms with E-state index >= 15 is 0 Å². The first-order chi connectivity index (χ1) is 14.1. The van der Waals surface area contributed by atoms with Crippen molar-refractivity contribution in [2.45, 2.75) is 13.0 Å². The van der Waals surface area contributed by atoms with Crippen molar-refractivity contribution >= 4 is 23.2 Å². The van der Waals surface area contributed by atoms with Gasteiger partial charge in [-0.25, -0.2) is 9.48 Å². The van der Waals surface area contributed by atoms with E-state index in [9.17, 15) is 9.59 Å². The van der Waals surface area contributed by atoms with Crippen molar-refractivity contribution in [3.05, 3.63) is 59.6 Å². The summed E-state index contributed by atoms with van der Waals surface area (Å²) in [6.45, 7) is 3.61. The number of nitrogens with zero attached hydrogens (tertiary/aromatic N) is 3. The molecule has 1 amide bonds. The Morgan fingerprint density at radius 3 is 2.59 bits per heavy atom. The number of benzene rings is 1. The van der Waals surface area contributed by atoms with Crippen LogP contribution in [0.3, 0.4) is 0 Å². The Hall–Kier alpha value is -2.97. The molecule has 1 atom stereocenters. The maximum atomic E-state index is 12.9. The highest BCUT2D eigenvalue weighted by atomic mass is 32.1. The van der Waals surface area contributed by atoms with Gasteiger partial charge < -0.3 is 14.4 Å². The molecular weight excluding hydrogens is 390 g/mol. The molecule has 0 N–H and O–H groups in total. The van der Waals surface area contributed by atoms with E-state index in [2.05, 4.69) is 5.10 Å². The van der Waals surface area contributed by atoms with Crippen LogP contribution in [0.15, 0.2) is 54.0 Å². The fraction of sp³-hybridized carbons (Fsp3) is 0.286. The lowest BCUT2D eigenvalue weighted by Gasteiger charge is -2.28. The normalized spacial score (nSPS) is 15.1. The van der Waals surface area contributed by atoms with Gasteiger partial charge in [0.15, 0.2) is 6.10 Å². The van der Waals surface area contributed by atoms with E-state index < -0.39 is 12.1 Å². The van der Waals surface area contributed by atoms with Gasteiger partial charge in [-0.3, -0.25) is 4.79 Å². The molecule has 1 aliphatic rings. The van der Waals surface area contributed by atoms with Crippen molar-refractivity contribution in [3.63, 3.8) is 0 Å². The quantitative estimate of drug-likeness (QED) is 0.604. The topological polar surface area (TPSA) is 73.7 Å². The maximum absolute atomic E-state index is 12.9. The first-order valence-corrected chi connectivity index (χ1v) is 10.3. The lowest BCUT2D eigenvalue weighted by Crippen LogP contribution is -2.46. The van der Waals surface area contributed by atoms with E-state index in [1.807, 2.05) is 47.8 Å². The van der Waals surface area contributed by atoms with Crippen LogP contribution in [0.4, 0.5) is 0 Å². The second-order valence-corrected chi connectivity index (χ2v) is 7.58. The number of morpholine rings is 1. The minimum Gasteiger partial charge on any atom is -0.449 e. The molecule has 1 saturated heterocycles. The van der Waals surface area contributed by atoms with Crippen molar-refractivity contribution in [3.8, 4) is 16.3 Å². The van der Waals surface area contributed by atoms with Crippen LogP contribution < -0.4 is 0 Å². The van der Waals surface area contributed by atoms with Crippen LogP contribution in [-0.2, 0) is 14.3 Å². The summed E-state index contributed by atoms with van der Waals surface area (Å²) in [7, 11) is 0. The van der Waals surface area contributed by atoms with E-state index in [0.29, 0.717) is 37.6 Å². The van der Waals surface area contributed by atoms with Crippen LogP contribution >= 0.6 is 11.3 Å². The fourth-order valence-electron chi connectivity index (χ4n) is 3.15. The predicted octanol–water partition coefficient (Wildman–Crippen LogP) is 3.00. The van der Waals surface area contributed by atoms with Gasteiger partial charge in [0.25, 0.3) is 5.91 Å². The molecule has 0 aliphatic carbocycles. The number of aromatic nitrogens is 2. The number of hydrogen-bond acceptors (Lipinski definition) is 6. The summed E-state index contributed by atoms with van der Waals surface area (Å²) in [5.41, 5.74) is 1.71. The number of carbonyl (C=O) groups excluding carboxylic acids is 2. The van der Waals surface area contributed by atoms with Crippen LogP contribution in [0, 0.1) is 0 Å². The Bertz CT molecular complexity index is 979. The molecule has 29 heavy (non-hydrogen) atoms. The van der Waals surface area contributed by atoms with Crippen LogP contribution in [0.2, 0.25) is 0 Å². The predicted molar refractivity (Wildman–Crippen MR) is 109 cm³/mol. The van der Waals surface area contributed by atoms with Crippen molar-refractivity contribution in [2.75, 3.05) is 26.3 Å². The Morgan fingerprint density at radius 2 is 1.90 bits per heavy atom. The molecule has 3 aromatic rings. The molecule has 150 valence electrons. The van der Waals surface area contributed by atoms with Crippen LogP contribution in [0.5, 0.6) is 0 Å². The van der Waals surface area contributed by atoms with Crippen molar-refractivity contribution in [1.29, 1.82) is 0 Å². The Morgan fingerprint density at radius 1 is 1.14 bits per heavy atom. The molecule has 3 heterocycles. The van der Waals surface area contributed by atoms with E-state index in [1.165, 1.54) is 11.3 Å².